The summed E-state index contributed by atoms with van der Waals surface area (Å²) in [5.74, 6) is -0.198. The van der Waals surface area contributed by atoms with E-state index in [1.807, 2.05) is 25.2 Å². The van der Waals surface area contributed by atoms with Crippen molar-refractivity contribution in [1.82, 2.24) is 0 Å². The molecule has 0 aromatic rings. The maximum absolute atomic E-state index is 11.8. The third-order valence-corrected chi connectivity index (χ3v) is 2.85. The first-order chi connectivity index (χ1) is 8.63. The molecule has 0 spiro atoms. The van der Waals surface area contributed by atoms with Gasteiger partial charge in [0.1, 0.15) is 5.71 Å². The van der Waals surface area contributed by atoms with Gasteiger partial charge in [-0.1, -0.05) is 34.2 Å². The Balaban J connectivity index is 2.76. The molecule has 0 aromatic heterocycles. The summed E-state index contributed by atoms with van der Waals surface area (Å²) in [4.78, 5) is 15.9. The van der Waals surface area contributed by atoms with Crippen LogP contribution in [0, 0.1) is 0 Å². The maximum Gasteiger partial charge on any atom is 0.206 e. The van der Waals surface area contributed by atoms with Gasteiger partial charge < -0.3 is 5.73 Å². The molecule has 0 unspecified atom stereocenters. The van der Waals surface area contributed by atoms with E-state index in [4.69, 9.17) is 5.73 Å². The number of rotatable bonds is 4. The second-order valence-corrected chi connectivity index (χ2v) is 4.47. The van der Waals surface area contributed by atoms with Gasteiger partial charge in [0.05, 0.1) is 0 Å². The van der Waals surface area contributed by atoms with Crippen molar-refractivity contribution in [1.29, 1.82) is 0 Å². The molecule has 3 nitrogen and oxygen atoms in total. The number of carbonyl (C=O) groups excluding carboxylic acids is 1. The first kappa shape index (κ1) is 14.4. The lowest BCUT2D eigenvalue weighted by Crippen LogP contribution is -2.10. The van der Waals surface area contributed by atoms with E-state index in [0.717, 1.165) is 10.9 Å². The summed E-state index contributed by atoms with van der Waals surface area (Å²) in [5, 5.41) is 0. The molecule has 0 aliphatic carbocycles. The minimum absolute atomic E-state index is 0.198. The lowest BCUT2D eigenvalue weighted by molar-refractivity contribution is -0.108. The fourth-order valence-corrected chi connectivity index (χ4v) is 1.32. The van der Waals surface area contributed by atoms with Gasteiger partial charge in [-0.15, -0.1) is 0 Å². The van der Waals surface area contributed by atoms with Gasteiger partial charge in [-0.3, -0.25) is 9.79 Å². The molecule has 0 radical (unpaired) electrons. The van der Waals surface area contributed by atoms with Gasteiger partial charge in [-0.25, -0.2) is 0 Å². The van der Waals surface area contributed by atoms with Crippen LogP contribution in [-0.4, -0.2) is 11.5 Å². The van der Waals surface area contributed by atoms with Crippen molar-refractivity contribution in [3.63, 3.8) is 0 Å². The highest BCUT2D eigenvalue weighted by atomic mass is 79.9. The van der Waals surface area contributed by atoms with Crippen LogP contribution in [0.4, 0.5) is 0 Å². The van der Waals surface area contributed by atoms with E-state index in [-0.39, 0.29) is 5.78 Å². The molecule has 4 heteroatoms. The van der Waals surface area contributed by atoms with Gasteiger partial charge in [-0.2, -0.15) is 0 Å². The normalized spacial score (nSPS) is 16.9. The molecule has 0 saturated heterocycles. The molecule has 0 fully saturated rings. The van der Waals surface area contributed by atoms with Crippen molar-refractivity contribution < 1.29 is 4.79 Å². The van der Waals surface area contributed by atoms with Gasteiger partial charge in [-0.05, 0) is 31.6 Å². The van der Waals surface area contributed by atoms with E-state index in [0.29, 0.717) is 11.4 Å². The molecule has 1 aliphatic rings. The van der Waals surface area contributed by atoms with Gasteiger partial charge >= 0.3 is 0 Å². The molecule has 1 heterocycles. The molecule has 0 bridgehead atoms. The zero-order valence-electron chi connectivity index (χ0n) is 10.1. The molecule has 1 rings (SSSR count). The summed E-state index contributed by atoms with van der Waals surface area (Å²) in [6, 6.07) is 0. The second kappa shape index (κ2) is 7.61. The molecule has 18 heavy (non-hydrogen) atoms. The Kier molecular flexibility index (Phi) is 6.08. The summed E-state index contributed by atoms with van der Waals surface area (Å²) < 4.78 is 0.904. The quantitative estimate of drug-likeness (QED) is 0.640. The highest BCUT2D eigenvalue weighted by Crippen LogP contribution is 2.06. The van der Waals surface area contributed by atoms with Crippen LogP contribution in [0.2, 0.25) is 0 Å². The zero-order chi connectivity index (χ0) is 13.4. The molecule has 0 amide bonds. The summed E-state index contributed by atoms with van der Waals surface area (Å²) in [6.07, 6.45) is 14.6. The van der Waals surface area contributed by atoms with Gasteiger partial charge in [0.2, 0.25) is 5.78 Å². The Morgan fingerprint density at radius 3 is 2.94 bits per heavy atom. The van der Waals surface area contributed by atoms with E-state index >= 15 is 0 Å². The lowest BCUT2D eigenvalue weighted by atomic mass is 10.2. The minimum atomic E-state index is -0.198. The number of hydrogen-bond acceptors (Lipinski definition) is 3. The van der Waals surface area contributed by atoms with E-state index in [1.54, 1.807) is 24.4 Å². The number of carbonyl (C=O) groups is 1. The smallest absolute Gasteiger partial charge is 0.206 e. The monoisotopic (exact) mass is 306 g/mol. The van der Waals surface area contributed by atoms with E-state index in [2.05, 4.69) is 20.9 Å². The molecule has 2 N–H and O–H groups in total. The van der Waals surface area contributed by atoms with Crippen LogP contribution >= 0.6 is 15.9 Å². The fraction of sp³-hybridized carbons (Fsp3) is 0.143. The fourth-order valence-electron chi connectivity index (χ4n) is 1.19. The topological polar surface area (TPSA) is 55.5 Å². The van der Waals surface area contributed by atoms with Crippen molar-refractivity contribution in [2.24, 2.45) is 10.7 Å². The SMILES string of the molecule is C\C=C(Br)/C=C\C(N)=C\C(=O)C1=NC=CCC=C1. The summed E-state index contributed by atoms with van der Waals surface area (Å²) in [5.41, 5.74) is 6.52. The molecule has 1 aliphatic heterocycles. The van der Waals surface area contributed by atoms with Crippen LogP contribution in [0.3, 0.4) is 0 Å². The van der Waals surface area contributed by atoms with Gasteiger partial charge in [0.15, 0.2) is 0 Å². The number of nitrogens with zero attached hydrogens (tertiary/aromatic N) is 1. The Hall–Kier alpha value is -1.68. The first-order valence-electron chi connectivity index (χ1n) is 5.54. The summed E-state index contributed by atoms with van der Waals surface area (Å²) in [6.45, 7) is 1.90. The van der Waals surface area contributed by atoms with E-state index in [1.165, 1.54) is 6.08 Å². The average Bonchev–Trinajstić information content (AvgIpc) is 2.64. The molecule has 0 atom stereocenters. The van der Waals surface area contributed by atoms with Crippen molar-refractivity contribution >= 4 is 27.4 Å². The molecule has 0 saturated carbocycles. The molecule has 0 aromatic carbocycles. The predicted octanol–water partition coefficient (Wildman–Crippen LogP) is 3.17. The standard InChI is InChI=1S/C14H15BrN2O/c1-2-11(15)7-8-12(16)10-14(18)13-6-4-3-5-9-17-13/h2,4-10H,3,16H2,1H3/b8-7-,11-2+,12-10-. The average molecular weight is 307 g/mol. The van der Waals surface area contributed by atoms with Crippen LogP contribution in [0.15, 0.2) is 63.9 Å². The van der Waals surface area contributed by atoms with Crippen molar-refractivity contribution in [2.75, 3.05) is 0 Å². The third-order valence-electron chi connectivity index (χ3n) is 2.13. The third kappa shape index (κ3) is 5.10. The molecule has 94 valence electrons. The Morgan fingerprint density at radius 1 is 1.44 bits per heavy atom. The van der Waals surface area contributed by atoms with Crippen LogP contribution in [-0.2, 0) is 4.79 Å². The predicted molar refractivity (Wildman–Crippen MR) is 79.4 cm³/mol. The Morgan fingerprint density at radius 2 is 2.22 bits per heavy atom. The van der Waals surface area contributed by atoms with Crippen molar-refractivity contribution in [3.8, 4) is 0 Å². The highest BCUT2D eigenvalue weighted by molar-refractivity contribution is 9.11. The van der Waals surface area contributed by atoms with Crippen molar-refractivity contribution in [2.45, 2.75) is 13.3 Å². The summed E-state index contributed by atoms with van der Waals surface area (Å²) >= 11 is 3.32. The highest BCUT2D eigenvalue weighted by Gasteiger charge is 2.05. The second-order valence-electron chi connectivity index (χ2n) is 3.55. The van der Waals surface area contributed by atoms with Crippen LogP contribution in [0.25, 0.3) is 0 Å². The Labute approximate surface area is 115 Å². The van der Waals surface area contributed by atoms with E-state index < -0.39 is 0 Å². The van der Waals surface area contributed by atoms with Crippen LogP contribution in [0.1, 0.15) is 13.3 Å². The minimum Gasteiger partial charge on any atom is -0.399 e. The number of halogens is 1. The lowest BCUT2D eigenvalue weighted by Gasteiger charge is -1.95. The Bertz CT molecular complexity index is 494. The zero-order valence-corrected chi connectivity index (χ0v) is 11.7. The maximum atomic E-state index is 11.8. The number of ketones is 1. The number of nitrogens with two attached hydrogens (primary N) is 1. The van der Waals surface area contributed by atoms with Crippen molar-refractivity contribution in [3.05, 3.63) is 58.9 Å². The van der Waals surface area contributed by atoms with E-state index in [9.17, 15) is 4.79 Å². The number of allylic oxidation sites excluding steroid dienone is 8. The summed E-state index contributed by atoms with van der Waals surface area (Å²) in [7, 11) is 0. The van der Waals surface area contributed by atoms with Gasteiger partial charge in [0, 0.05) is 22.5 Å². The number of hydrogen-bond donors (Lipinski definition) is 1. The molecular formula is C14H15BrN2O. The van der Waals surface area contributed by atoms with Gasteiger partial charge in [0.25, 0.3) is 0 Å². The first-order valence-corrected chi connectivity index (χ1v) is 6.33. The number of aliphatic imine (C=N–C) groups is 1. The largest absolute Gasteiger partial charge is 0.399 e. The molecular weight excluding hydrogens is 292 g/mol. The van der Waals surface area contributed by atoms with Crippen LogP contribution in [0.5, 0.6) is 0 Å². The van der Waals surface area contributed by atoms with Crippen LogP contribution < -0.4 is 5.73 Å².